The minimum atomic E-state index is -0.440. The van der Waals surface area contributed by atoms with Crippen LogP contribution in [0.4, 0.5) is 0 Å². The van der Waals surface area contributed by atoms with Gasteiger partial charge in [-0.15, -0.1) is 0 Å². The van der Waals surface area contributed by atoms with Crippen LogP contribution in [0.1, 0.15) is 29.7 Å². The number of rotatable bonds is 5. The molecule has 0 bridgehead atoms. The molecule has 3 aromatic rings. The molecule has 0 fully saturated rings. The van der Waals surface area contributed by atoms with Crippen LogP contribution in [0.5, 0.6) is 5.75 Å². The van der Waals surface area contributed by atoms with Gasteiger partial charge in [0, 0.05) is 23.2 Å². The third kappa shape index (κ3) is 3.08. The zero-order chi connectivity index (χ0) is 18.8. The lowest BCUT2D eigenvalue weighted by Gasteiger charge is -2.23. The first kappa shape index (κ1) is 17.6. The summed E-state index contributed by atoms with van der Waals surface area (Å²) in [5.74, 6) is 0.0828. The van der Waals surface area contributed by atoms with E-state index < -0.39 is 5.92 Å². The predicted octanol–water partition coefficient (Wildman–Crippen LogP) is 3.88. The van der Waals surface area contributed by atoms with E-state index in [1.54, 1.807) is 7.11 Å². The Labute approximate surface area is 158 Å². The molecule has 140 valence electrons. The maximum Gasteiger partial charge on any atom is 0.315 e. The average Bonchev–Trinajstić information content (AvgIpc) is 3.03. The Balaban J connectivity index is 1.93. The van der Waals surface area contributed by atoms with E-state index in [1.807, 2.05) is 37.3 Å². The number of aromatic nitrogens is 1. The number of hydrogen-bond donors (Lipinski definition) is 0. The molecule has 1 aromatic heterocycles. The molecule has 5 heteroatoms. The molecule has 1 atom stereocenters. The molecule has 0 saturated heterocycles. The third-order valence-electron chi connectivity index (χ3n) is 5.05. The lowest BCUT2D eigenvalue weighted by Crippen LogP contribution is -2.26. The molecule has 2 aromatic carbocycles. The van der Waals surface area contributed by atoms with Crippen molar-refractivity contribution >= 4 is 16.9 Å². The topological polar surface area (TPSA) is 49.7 Å². The van der Waals surface area contributed by atoms with E-state index in [2.05, 4.69) is 22.8 Å². The number of methoxy groups -OCH3 is 1. The highest BCUT2D eigenvalue weighted by Crippen LogP contribution is 2.41. The van der Waals surface area contributed by atoms with Gasteiger partial charge in [-0.05, 0) is 24.6 Å². The van der Waals surface area contributed by atoms with E-state index in [9.17, 15) is 4.79 Å². The summed E-state index contributed by atoms with van der Waals surface area (Å²) < 4.78 is 19.0. The van der Waals surface area contributed by atoms with Crippen molar-refractivity contribution in [2.75, 3.05) is 20.3 Å². The van der Waals surface area contributed by atoms with Gasteiger partial charge in [-0.25, -0.2) is 0 Å². The van der Waals surface area contributed by atoms with Crippen LogP contribution in [0.25, 0.3) is 10.9 Å². The molecule has 0 N–H and O–H groups in total. The molecule has 0 saturated carbocycles. The van der Waals surface area contributed by atoms with Crippen molar-refractivity contribution < 1.29 is 19.0 Å². The average molecular weight is 365 g/mol. The lowest BCUT2D eigenvalue weighted by atomic mass is 9.94. The summed E-state index contributed by atoms with van der Waals surface area (Å²) in [5, 5.41) is 0.979. The molecule has 5 nitrogen and oxygen atoms in total. The number of nitrogens with zero attached hydrogens (tertiary/aromatic N) is 1. The molecule has 27 heavy (non-hydrogen) atoms. The SMILES string of the molecule is CCOC(=O)C1COCc2c1c1c(OC)cccc1n2Cc1ccccc1. The molecule has 0 aliphatic carbocycles. The number of fused-ring (bicyclic) bond motifs is 3. The normalized spacial score (nSPS) is 16.1. The molecular weight excluding hydrogens is 342 g/mol. The summed E-state index contributed by atoms with van der Waals surface area (Å²) >= 11 is 0. The van der Waals surface area contributed by atoms with Crippen LogP contribution in [-0.2, 0) is 27.4 Å². The fourth-order valence-electron chi connectivity index (χ4n) is 3.88. The third-order valence-corrected chi connectivity index (χ3v) is 5.05. The fraction of sp³-hybridized carbons (Fsp3) is 0.318. The van der Waals surface area contributed by atoms with Gasteiger partial charge in [0.05, 0.1) is 32.4 Å². The maximum atomic E-state index is 12.6. The highest BCUT2D eigenvalue weighted by molar-refractivity contribution is 5.96. The largest absolute Gasteiger partial charge is 0.496 e. The molecular formula is C22H23NO4. The number of esters is 1. The predicted molar refractivity (Wildman–Crippen MR) is 103 cm³/mol. The molecule has 1 aliphatic rings. The summed E-state index contributed by atoms with van der Waals surface area (Å²) in [7, 11) is 1.66. The van der Waals surface area contributed by atoms with Crippen molar-refractivity contribution in [3.8, 4) is 5.75 Å². The van der Waals surface area contributed by atoms with E-state index in [-0.39, 0.29) is 5.97 Å². The Morgan fingerprint density at radius 1 is 1.19 bits per heavy atom. The smallest absolute Gasteiger partial charge is 0.315 e. The van der Waals surface area contributed by atoms with Crippen LogP contribution < -0.4 is 4.74 Å². The number of hydrogen-bond acceptors (Lipinski definition) is 4. The summed E-state index contributed by atoms with van der Waals surface area (Å²) in [6, 6.07) is 16.3. The van der Waals surface area contributed by atoms with Gasteiger partial charge >= 0.3 is 5.97 Å². The van der Waals surface area contributed by atoms with Crippen molar-refractivity contribution in [1.29, 1.82) is 0 Å². The summed E-state index contributed by atoms with van der Waals surface area (Å²) in [5.41, 5.74) is 4.23. The van der Waals surface area contributed by atoms with Gasteiger partial charge in [0.15, 0.2) is 0 Å². The Morgan fingerprint density at radius 2 is 2.00 bits per heavy atom. The first-order chi connectivity index (χ1) is 13.2. The van der Waals surface area contributed by atoms with Gasteiger partial charge in [-0.1, -0.05) is 36.4 Å². The van der Waals surface area contributed by atoms with Gasteiger partial charge in [0.1, 0.15) is 11.7 Å². The monoisotopic (exact) mass is 365 g/mol. The van der Waals surface area contributed by atoms with Crippen molar-refractivity contribution in [2.24, 2.45) is 0 Å². The van der Waals surface area contributed by atoms with Gasteiger partial charge in [-0.3, -0.25) is 4.79 Å². The number of benzene rings is 2. The first-order valence-corrected chi connectivity index (χ1v) is 9.20. The maximum absolute atomic E-state index is 12.6. The molecule has 1 aliphatic heterocycles. The summed E-state index contributed by atoms with van der Waals surface area (Å²) in [4.78, 5) is 12.6. The Bertz CT molecular complexity index is 961. The lowest BCUT2D eigenvalue weighted by molar-refractivity contribution is -0.147. The van der Waals surface area contributed by atoms with Crippen LogP contribution in [0.2, 0.25) is 0 Å². The minimum absolute atomic E-state index is 0.247. The molecule has 0 amide bonds. The Morgan fingerprint density at radius 3 is 2.74 bits per heavy atom. The van der Waals surface area contributed by atoms with Crippen molar-refractivity contribution in [3.63, 3.8) is 0 Å². The second-order valence-electron chi connectivity index (χ2n) is 6.61. The van der Waals surface area contributed by atoms with Gasteiger partial charge in [0.2, 0.25) is 0 Å². The van der Waals surface area contributed by atoms with Crippen molar-refractivity contribution in [1.82, 2.24) is 4.57 Å². The van der Waals surface area contributed by atoms with E-state index in [4.69, 9.17) is 14.2 Å². The van der Waals surface area contributed by atoms with Crippen LogP contribution >= 0.6 is 0 Å². The van der Waals surface area contributed by atoms with E-state index >= 15 is 0 Å². The van der Waals surface area contributed by atoms with E-state index in [1.165, 1.54) is 5.56 Å². The van der Waals surface area contributed by atoms with Gasteiger partial charge in [-0.2, -0.15) is 0 Å². The van der Waals surface area contributed by atoms with Crippen molar-refractivity contribution in [3.05, 3.63) is 65.4 Å². The number of carbonyl (C=O) groups is 1. The highest BCUT2D eigenvalue weighted by atomic mass is 16.5. The first-order valence-electron chi connectivity index (χ1n) is 9.20. The molecule has 0 spiro atoms. The van der Waals surface area contributed by atoms with Gasteiger partial charge in [0.25, 0.3) is 0 Å². The number of carbonyl (C=O) groups excluding carboxylic acids is 1. The van der Waals surface area contributed by atoms with Crippen LogP contribution in [0.15, 0.2) is 48.5 Å². The van der Waals surface area contributed by atoms with E-state index in [0.717, 1.165) is 27.9 Å². The Hall–Kier alpha value is -2.79. The molecule has 2 heterocycles. The Kier molecular flexibility index (Phi) is 4.86. The summed E-state index contributed by atoms with van der Waals surface area (Å²) in [6.45, 7) is 3.68. The second-order valence-corrected chi connectivity index (χ2v) is 6.61. The molecule has 4 rings (SSSR count). The van der Waals surface area contributed by atoms with Crippen LogP contribution in [0.3, 0.4) is 0 Å². The van der Waals surface area contributed by atoms with Gasteiger partial charge < -0.3 is 18.8 Å². The van der Waals surface area contributed by atoms with Crippen molar-refractivity contribution in [2.45, 2.75) is 26.0 Å². The summed E-state index contributed by atoms with van der Waals surface area (Å²) in [6.07, 6.45) is 0. The van der Waals surface area contributed by atoms with Crippen LogP contribution in [-0.4, -0.2) is 30.9 Å². The minimum Gasteiger partial charge on any atom is -0.496 e. The fourth-order valence-corrected chi connectivity index (χ4v) is 3.88. The molecule has 1 unspecified atom stereocenters. The van der Waals surface area contributed by atoms with Crippen LogP contribution in [0, 0.1) is 0 Å². The zero-order valence-electron chi connectivity index (χ0n) is 15.6. The highest BCUT2D eigenvalue weighted by Gasteiger charge is 2.35. The standard InChI is InChI=1S/C22H23NO4/c1-3-27-22(24)16-13-26-14-18-20(16)21-17(10-7-11-19(21)25-2)23(18)12-15-8-5-4-6-9-15/h4-11,16H,3,12-14H2,1-2H3. The number of ether oxygens (including phenoxy) is 3. The zero-order valence-corrected chi connectivity index (χ0v) is 15.6. The second kappa shape index (κ2) is 7.45. The quantitative estimate of drug-likeness (QED) is 0.644. The van der Waals surface area contributed by atoms with E-state index in [0.29, 0.717) is 26.4 Å². The molecule has 0 radical (unpaired) electrons.